The number of nitrogens with zero attached hydrogens (tertiary/aromatic N) is 1. The summed E-state index contributed by atoms with van der Waals surface area (Å²) in [7, 11) is -6.11. The quantitative estimate of drug-likeness (QED) is 0.596. The van der Waals surface area contributed by atoms with Crippen LogP contribution in [-0.2, 0) is 24.8 Å². The van der Waals surface area contributed by atoms with Gasteiger partial charge in [0.05, 0.1) is 22.9 Å². The molecule has 1 fully saturated rings. The van der Waals surface area contributed by atoms with Gasteiger partial charge in [0.15, 0.2) is 0 Å². The van der Waals surface area contributed by atoms with Gasteiger partial charge in [0.25, 0.3) is 0 Å². The normalized spacial score (nSPS) is 16.3. The first kappa shape index (κ1) is 24.2. The van der Waals surface area contributed by atoms with Crippen molar-refractivity contribution in [2.45, 2.75) is 42.0 Å². The molecule has 3 rings (SSSR count). The molecule has 0 aromatic heterocycles. The Morgan fingerprint density at radius 1 is 0.969 bits per heavy atom. The predicted molar refractivity (Wildman–Crippen MR) is 120 cm³/mol. The summed E-state index contributed by atoms with van der Waals surface area (Å²) < 4.78 is 59.6. The molecule has 0 radical (unpaired) electrons. The van der Waals surface area contributed by atoms with Gasteiger partial charge in [-0.15, -0.1) is 0 Å². The number of sulfonamides is 2. The van der Waals surface area contributed by atoms with Crippen molar-refractivity contribution in [3.8, 4) is 5.75 Å². The highest BCUT2D eigenvalue weighted by molar-refractivity contribution is 7.89. The second kappa shape index (κ2) is 9.99. The van der Waals surface area contributed by atoms with Gasteiger partial charge in [0.2, 0.25) is 26.0 Å². The molecule has 0 saturated carbocycles. The van der Waals surface area contributed by atoms with Crippen molar-refractivity contribution in [2.24, 2.45) is 0 Å². The fraction of sp³-hybridized carbons (Fsp3) is 0.381. The van der Waals surface area contributed by atoms with E-state index in [9.17, 15) is 21.6 Å². The van der Waals surface area contributed by atoms with E-state index in [0.29, 0.717) is 18.8 Å². The minimum Gasteiger partial charge on any atom is -0.497 e. The van der Waals surface area contributed by atoms with Crippen LogP contribution in [0.2, 0.25) is 0 Å². The van der Waals surface area contributed by atoms with Gasteiger partial charge in [-0.2, -0.15) is 9.03 Å². The van der Waals surface area contributed by atoms with E-state index in [0.717, 1.165) is 19.3 Å². The van der Waals surface area contributed by atoms with Crippen LogP contribution >= 0.6 is 0 Å². The van der Waals surface area contributed by atoms with Crippen molar-refractivity contribution in [1.29, 1.82) is 0 Å². The second-order valence-corrected chi connectivity index (χ2v) is 11.2. The minimum absolute atomic E-state index is 0.00688. The lowest BCUT2D eigenvalue weighted by Gasteiger charge is -2.26. The summed E-state index contributed by atoms with van der Waals surface area (Å²) in [6.45, 7) is 2.36. The van der Waals surface area contributed by atoms with Gasteiger partial charge in [0, 0.05) is 18.8 Å². The van der Waals surface area contributed by atoms with E-state index in [-0.39, 0.29) is 15.5 Å². The predicted octanol–water partition coefficient (Wildman–Crippen LogP) is 2.18. The van der Waals surface area contributed by atoms with Crippen molar-refractivity contribution < 1.29 is 26.4 Å². The summed E-state index contributed by atoms with van der Waals surface area (Å²) in [6.07, 6.45) is 2.65. The first-order valence-corrected chi connectivity index (χ1v) is 13.1. The SMILES string of the molecule is COc1ccc(S(=O)(=O)N[C@@H](C)C(=O)Nc2cccc(S(=O)(=O)N3CCCCC3)c2)cc1. The Labute approximate surface area is 188 Å². The Kier molecular flexibility index (Phi) is 7.55. The zero-order chi connectivity index (χ0) is 23.4. The Balaban J connectivity index is 1.69. The van der Waals surface area contributed by atoms with E-state index in [4.69, 9.17) is 4.74 Å². The number of hydrogen-bond acceptors (Lipinski definition) is 6. The van der Waals surface area contributed by atoms with Crippen LogP contribution in [0.4, 0.5) is 5.69 Å². The number of carbonyl (C=O) groups is 1. The van der Waals surface area contributed by atoms with E-state index in [2.05, 4.69) is 10.0 Å². The molecular formula is C21H27N3O6S2. The maximum Gasteiger partial charge on any atom is 0.243 e. The molecule has 9 nitrogen and oxygen atoms in total. The molecule has 2 aromatic rings. The lowest BCUT2D eigenvalue weighted by Crippen LogP contribution is -2.41. The zero-order valence-corrected chi connectivity index (χ0v) is 19.6. The summed E-state index contributed by atoms with van der Waals surface area (Å²) >= 11 is 0. The molecule has 0 bridgehead atoms. The largest absolute Gasteiger partial charge is 0.497 e. The number of amides is 1. The average molecular weight is 482 g/mol. The number of piperidine rings is 1. The molecule has 174 valence electrons. The number of methoxy groups -OCH3 is 1. The van der Waals surface area contributed by atoms with Crippen molar-refractivity contribution in [3.05, 3.63) is 48.5 Å². The molecule has 0 spiro atoms. The lowest BCUT2D eigenvalue weighted by molar-refractivity contribution is -0.117. The average Bonchev–Trinajstić information content (AvgIpc) is 2.79. The second-order valence-electron chi connectivity index (χ2n) is 7.50. The maximum atomic E-state index is 12.9. The van der Waals surface area contributed by atoms with Crippen LogP contribution in [0.5, 0.6) is 5.75 Å². The van der Waals surface area contributed by atoms with Gasteiger partial charge in [0.1, 0.15) is 5.75 Å². The summed E-state index contributed by atoms with van der Waals surface area (Å²) in [6, 6.07) is 10.6. The van der Waals surface area contributed by atoms with Gasteiger partial charge in [-0.3, -0.25) is 4.79 Å². The molecule has 1 saturated heterocycles. The highest BCUT2D eigenvalue weighted by Crippen LogP contribution is 2.23. The van der Waals surface area contributed by atoms with Crippen molar-refractivity contribution in [2.75, 3.05) is 25.5 Å². The van der Waals surface area contributed by atoms with Crippen LogP contribution < -0.4 is 14.8 Å². The zero-order valence-electron chi connectivity index (χ0n) is 17.9. The van der Waals surface area contributed by atoms with Crippen LogP contribution in [-0.4, -0.2) is 53.3 Å². The standard InChI is InChI=1S/C21H27N3O6S2/c1-16(23-31(26,27)19-11-9-18(30-2)10-12-19)21(25)22-17-7-6-8-20(15-17)32(28,29)24-13-4-3-5-14-24/h6-12,15-16,23H,3-5,13-14H2,1-2H3,(H,22,25)/t16-/m0/s1. The summed E-state index contributed by atoms with van der Waals surface area (Å²) in [5.41, 5.74) is 0.267. The molecule has 2 N–H and O–H groups in total. The van der Waals surface area contributed by atoms with Crippen LogP contribution in [0.1, 0.15) is 26.2 Å². The fourth-order valence-corrected chi connectivity index (χ4v) is 6.11. The molecule has 2 aromatic carbocycles. The van der Waals surface area contributed by atoms with E-state index in [1.807, 2.05) is 0 Å². The third-order valence-corrected chi connectivity index (χ3v) is 8.60. The third kappa shape index (κ3) is 5.66. The smallest absolute Gasteiger partial charge is 0.243 e. The molecular weight excluding hydrogens is 454 g/mol. The molecule has 0 unspecified atom stereocenters. The lowest BCUT2D eigenvalue weighted by atomic mass is 10.2. The molecule has 1 aliphatic heterocycles. The number of benzene rings is 2. The Morgan fingerprint density at radius 2 is 1.62 bits per heavy atom. The maximum absolute atomic E-state index is 12.9. The molecule has 0 aliphatic carbocycles. The van der Waals surface area contributed by atoms with Crippen molar-refractivity contribution >= 4 is 31.6 Å². The number of rotatable bonds is 8. The summed E-state index contributed by atoms with van der Waals surface area (Å²) in [5.74, 6) is -0.108. The molecule has 1 amide bonds. The number of anilines is 1. The van der Waals surface area contributed by atoms with Gasteiger partial charge in [-0.1, -0.05) is 12.5 Å². The van der Waals surface area contributed by atoms with Crippen molar-refractivity contribution in [1.82, 2.24) is 9.03 Å². The summed E-state index contributed by atoms with van der Waals surface area (Å²) in [5, 5.41) is 2.58. The van der Waals surface area contributed by atoms with Gasteiger partial charge in [-0.05, 0) is 62.2 Å². The Bertz CT molecular complexity index is 1160. The first-order chi connectivity index (χ1) is 15.1. The topological polar surface area (TPSA) is 122 Å². The van der Waals surface area contributed by atoms with Gasteiger partial charge < -0.3 is 10.1 Å². The Hall–Kier alpha value is -2.47. The molecule has 11 heteroatoms. The number of nitrogens with one attached hydrogen (secondary N) is 2. The third-order valence-electron chi connectivity index (χ3n) is 5.15. The van der Waals surface area contributed by atoms with Crippen LogP contribution in [0.15, 0.2) is 58.3 Å². The molecule has 32 heavy (non-hydrogen) atoms. The van der Waals surface area contributed by atoms with Crippen LogP contribution in [0.25, 0.3) is 0 Å². The highest BCUT2D eigenvalue weighted by atomic mass is 32.2. The minimum atomic E-state index is -3.94. The van der Waals surface area contributed by atoms with Gasteiger partial charge in [-0.25, -0.2) is 16.8 Å². The number of ether oxygens (including phenoxy) is 1. The van der Waals surface area contributed by atoms with Crippen molar-refractivity contribution in [3.63, 3.8) is 0 Å². The molecule has 1 heterocycles. The summed E-state index contributed by atoms with van der Waals surface area (Å²) in [4.78, 5) is 12.6. The number of hydrogen-bond donors (Lipinski definition) is 2. The Morgan fingerprint density at radius 3 is 2.25 bits per heavy atom. The van der Waals surface area contributed by atoms with E-state index in [1.165, 1.54) is 54.7 Å². The van der Waals surface area contributed by atoms with E-state index in [1.54, 1.807) is 12.1 Å². The van der Waals surface area contributed by atoms with Crippen LogP contribution in [0.3, 0.4) is 0 Å². The van der Waals surface area contributed by atoms with E-state index >= 15 is 0 Å². The molecule has 1 atom stereocenters. The number of carbonyl (C=O) groups excluding carboxylic acids is 1. The molecule has 1 aliphatic rings. The first-order valence-electron chi connectivity index (χ1n) is 10.2. The van der Waals surface area contributed by atoms with Crippen LogP contribution in [0, 0.1) is 0 Å². The van der Waals surface area contributed by atoms with Gasteiger partial charge >= 0.3 is 0 Å². The van der Waals surface area contributed by atoms with E-state index < -0.39 is 32.0 Å². The fourth-order valence-electron chi connectivity index (χ4n) is 3.35. The monoisotopic (exact) mass is 481 g/mol. The highest BCUT2D eigenvalue weighted by Gasteiger charge is 2.27.